The van der Waals surface area contributed by atoms with E-state index in [0.29, 0.717) is 0 Å². The SMILES string of the molecule is c1ccc(-n2c3ccccc3c3sc4c(ccc5c6ccc7ccccc7c6n(-c6ccccc6)c54)c32)cc1. The maximum absolute atomic E-state index is 2.50. The van der Waals surface area contributed by atoms with Crippen LogP contribution in [-0.4, -0.2) is 9.13 Å². The lowest BCUT2D eigenvalue weighted by atomic mass is 10.1. The molecule has 0 spiro atoms. The summed E-state index contributed by atoms with van der Waals surface area (Å²) in [5.41, 5.74) is 7.49. The fourth-order valence-corrected chi connectivity index (χ4v) is 7.82. The number of hydrogen-bond donors (Lipinski definition) is 0. The van der Waals surface area contributed by atoms with Gasteiger partial charge in [-0.3, -0.25) is 0 Å². The predicted octanol–water partition coefficient (Wildman–Crippen LogP) is 10.2. The van der Waals surface area contributed by atoms with E-state index in [1.165, 1.54) is 75.2 Å². The van der Waals surface area contributed by atoms with Gasteiger partial charge in [0.05, 0.1) is 31.5 Å². The first-order valence-corrected chi connectivity index (χ1v) is 14.1. The first-order chi connectivity index (χ1) is 19.4. The monoisotopic (exact) mass is 514 g/mol. The fraction of sp³-hybridized carbons (Fsp3) is 0. The van der Waals surface area contributed by atoms with Crippen molar-refractivity contribution in [3.8, 4) is 11.4 Å². The molecule has 0 bridgehead atoms. The minimum Gasteiger partial charge on any atom is -0.308 e. The molecule has 0 radical (unpaired) electrons. The van der Waals surface area contributed by atoms with Gasteiger partial charge < -0.3 is 9.13 Å². The maximum Gasteiger partial charge on any atom is 0.0728 e. The van der Waals surface area contributed by atoms with Crippen molar-refractivity contribution < 1.29 is 0 Å². The highest BCUT2D eigenvalue weighted by Gasteiger charge is 2.23. The molecule has 0 aliphatic carbocycles. The van der Waals surface area contributed by atoms with Crippen LogP contribution < -0.4 is 0 Å². The Morgan fingerprint density at radius 1 is 0.359 bits per heavy atom. The molecule has 3 aromatic heterocycles. The molecule has 3 heteroatoms. The quantitative estimate of drug-likeness (QED) is 0.217. The van der Waals surface area contributed by atoms with Gasteiger partial charge in [0.25, 0.3) is 0 Å². The van der Waals surface area contributed by atoms with Crippen molar-refractivity contribution in [1.29, 1.82) is 0 Å². The molecule has 9 rings (SSSR count). The van der Waals surface area contributed by atoms with E-state index >= 15 is 0 Å². The molecule has 182 valence electrons. The van der Waals surface area contributed by atoms with Gasteiger partial charge in [-0.15, -0.1) is 11.3 Å². The lowest BCUT2D eigenvalue weighted by molar-refractivity contribution is 1.19. The van der Waals surface area contributed by atoms with Crippen LogP contribution in [0.1, 0.15) is 0 Å². The molecule has 0 fully saturated rings. The van der Waals surface area contributed by atoms with Crippen LogP contribution in [0.25, 0.3) is 75.2 Å². The second kappa shape index (κ2) is 7.83. The zero-order chi connectivity index (χ0) is 25.5. The number of benzene rings is 6. The number of thiophene rings is 1. The summed E-state index contributed by atoms with van der Waals surface area (Å²) in [7, 11) is 0. The average molecular weight is 515 g/mol. The van der Waals surface area contributed by atoms with Crippen molar-refractivity contribution in [1.82, 2.24) is 9.13 Å². The third kappa shape index (κ3) is 2.80. The Kier molecular flexibility index (Phi) is 4.24. The van der Waals surface area contributed by atoms with Crippen molar-refractivity contribution in [2.75, 3.05) is 0 Å². The molecule has 39 heavy (non-hydrogen) atoms. The Bertz CT molecular complexity index is 2370. The molecule has 0 aliphatic rings. The van der Waals surface area contributed by atoms with Crippen LogP contribution in [0.3, 0.4) is 0 Å². The van der Waals surface area contributed by atoms with Gasteiger partial charge in [0.2, 0.25) is 0 Å². The van der Waals surface area contributed by atoms with Gasteiger partial charge in [0.1, 0.15) is 0 Å². The number of para-hydroxylation sites is 3. The molecule has 0 atom stereocenters. The van der Waals surface area contributed by atoms with Crippen molar-refractivity contribution in [3.05, 3.63) is 133 Å². The Morgan fingerprint density at radius 2 is 0.897 bits per heavy atom. The Labute approximate surface area is 228 Å². The molecule has 0 N–H and O–H groups in total. The molecule has 0 aliphatic heterocycles. The smallest absolute Gasteiger partial charge is 0.0728 e. The summed E-state index contributed by atoms with van der Waals surface area (Å²) in [6.07, 6.45) is 0. The van der Waals surface area contributed by atoms with Crippen molar-refractivity contribution >= 4 is 75.1 Å². The van der Waals surface area contributed by atoms with Crippen LogP contribution in [0.2, 0.25) is 0 Å². The highest BCUT2D eigenvalue weighted by atomic mass is 32.1. The summed E-state index contributed by atoms with van der Waals surface area (Å²) < 4.78 is 7.61. The zero-order valence-electron chi connectivity index (χ0n) is 21.0. The Hall–Kier alpha value is -4.86. The van der Waals surface area contributed by atoms with E-state index in [9.17, 15) is 0 Å². The van der Waals surface area contributed by atoms with Gasteiger partial charge in [0, 0.05) is 38.3 Å². The van der Waals surface area contributed by atoms with Gasteiger partial charge in [-0.2, -0.15) is 0 Å². The van der Waals surface area contributed by atoms with Crippen LogP contribution in [0.15, 0.2) is 133 Å². The van der Waals surface area contributed by atoms with E-state index in [-0.39, 0.29) is 0 Å². The van der Waals surface area contributed by atoms with E-state index < -0.39 is 0 Å². The van der Waals surface area contributed by atoms with Crippen molar-refractivity contribution in [2.45, 2.75) is 0 Å². The van der Waals surface area contributed by atoms with Gasteiger partial charge in [-0.05, 0) is 35.7 Å². The van der Waals surface area contributed by atoms with Crippen LogP contribution in [-0.2, 0) is 0 Å². The molecule has 6 aromatic carbocycles. The normalized spacial score (nSPS) is 12.1. The molecule has 9 aromatic rings. The summed E-state index contributed by atoms with van der Waals surface area (Å²) in [4.78, 5) is 0. The average Bonchev–Trinajstić information content (AvgIpc) is 3.65. The third-order valence-electron chi connectivity index (χ3n) is 8.09. The lowest BCUT2D eigenvalue weighted by Crippen LogP contribution is -1.95. The molecule has 0 saturated heterocycles. The van der Waals surface area contributed by atoms with Gasteiger partial charge in [0.15, 0.2) is 0 Å². The minimum atomic E-state index is 1.19. The number of fused-ring (bicyclic) bond motifs is 11. The van der Waals surface area contributed by atoms with Crippen molar-refractivity contribution in [2.24, 2.45) is 0 Å². The largest absolute Gasteiger partial charge is 0.308 e. The summed E-state index contributed by atoms with van der Waals surface area (Å²) in [5, 5.41) is 7.74. The molecule has 0 amide bonds. The summed E-state index contributed by atoms with van der Waals surface area (Å²) in [5.74, 6) is 0. The highest BCUT2D eigenvalue weighted by Crippen LogP contribution is 2.47. The van der Waals surface area contributed by atoms with Crippen LogP contribution in [0, 0.1) is 0 Å². The second-order valence-electron chi connectivity index (χ2n) is 10.2. The summed E-state index contributed by atoms with van der Waals surface area (Å²) in [6, 6.07) is 48.4. The van der Waals surface area contributed by atoms with Gasteiger partial charge in [-0.1, -0.05) is 103 Å². The Balaban J connectivity index is 1.54. The molecular formula is C36H22N2S. The number of hydrogen-bond acceptors (Lipinski definition) is 1. The van der Waals surface area contributed by atoms with Gasteiger partial charge in [-0.25, -0.2) is 0 Å². The standard InChI is InChI=1S/C36H22N2S/c1-3-12-24(13-4-1)37-31-18-10-9-17-29(31)35-34(37)30-22-21-28-27-20-19-23-11-7-8-16-26(23)32(27)38(33(28)36(30)39-35)25-14-5-2-6-15-25/h1-22H. The van der Waals surface area contributed by atoms with E-state index in [2.05, 4.69) is 143 Å². The van der Waals surface area contributed by atoms with Crippen LogP contribution in [0.5, 0.6) is 0 Å². The number of aromatic nitrogens is 2. The highest BCUT2D eigenvalue weighted by molar-refractivity contribution is 7.27. The third-order valence-corrected chi connectivity index (χ3v) is 9.32. The van der Waals surface area contributed by atoms with E-state index in [1.807, 2.05) is 11.3 Å². The number of rotatable bonds is 2. The zero-order valence-corrected chi connectivity index (χ0v) is 21.8. The van der Waals surface area contributed by atoms with Crippen LogP contribution in [0.4, 0.5) is 0 Å². The fourth-order valence-electron chi connectivity index (χ4n) is 6.46. The Morgan fingerprint density at radius 3 is 1.69 bits per heavy atom. The first-order valence-electron chi connectivity index (χ1n) is 13.3. The summed E-state index contributed by atoms with van der Waals surface area (Å²) in [6.45, 7) is 0. The summed E-state index contributed by atoms with van der Waals surface area (Å²) >= 11 is 1.92. The van der Waals surface area contributed by atoms with Crippen LogP contribution >= 0.6 is 11.3 Å². The predicted molar refractivity (Wildman–Crippen MR) is 168 cm³/mol. The van der Waals surface area contributed by atoms with Crippen molar-refractivity contribution in [3.63, 3.8) is 0 Å². The maximum atomic E-state index is 2.50. The lowest BCUT2D eigenvalue weighted by Gasteiger charge is -2.10. The molecular weight excluding hydrogens is 492 g/mol. The first kappa shape index (κ1) is 21.1. The molecule has 3 heterocycles. The molecule has 2 nitrogen and oxygen atoms in total. The van der Waals surface area contributed by atoms with E-state index in [4.69, 9.17) is 0 Å². The molecule has 0 saturated carbocycles. The van der Waals surface area contributed by atoms with E-state index in [1.54, 1.807) is 0 Å². The van der Waals surface area contributed by atoms with E-state index in [0.717, 1.165) is 0 Å². The minimum absolute atomic E-state index is 1.19. The molecule has 0 unspecified atom stereocenters. The number of nitrogens with zero attached hydrogens (tertiary/aromatic N) is 2. The topological polar surface area (TPSA) is 9.86 Å². The van der Waals surface area contributed by atoms with Gasteiger partial charge >= 0.3 is 0 Å². The second-order valence-corrected chi connectivity index (χ2v) is 11.2.